The van der Waals surface area contributed by atoms with Gasteiger partial charge in [0.05, 0.1) is 23.2 Å². The Morgan fingerprint density at radius 2 is 2.03 bits per heavy atom. The van der Waals surface area contributed by atoms with Gasteiger partial charge in [0.25, 0.3) is 5.91 Å². The summed E-state index contributed by atoms with van der Waals surface area (Å²) in [6.07, 6.45) is 2.83. The van der Waals surface area contributed by atoms with Gasteiger partial charge in [0, 0.05) is 10.4 Å². The van der Waals surface area contributed by atoms with E-state index in [9.17, 15) is 9.59 Å². The van der Waals surface area contributed by atoms with Crippen molar-refractivity contribution in [1.82, 2.24) is 5.32 Å². The SMILES string of the molecule is COC(=O)c1c(NC(=S)NC(=O)c2ccc(OC(C)C)c(Br)c2)sc2c1CCC2. The molecular formula is C20H21BrN2O4S2. The molecule has 29 heavy (non-hydrogen) atoms. The monoisotopic (exact) mass is 496 g/mol. The number of aryl methyl sites for hydroxylation is 1. The Bertz CT molecular complexity index is 972. The van der Waals surface area contributed by atoms with Crippen LogP contribution in [0, 0.1) is 0 Å². The standard InChI is InChI=1S/C20H21BrN2O4S2/c1-10(2)27-14-8-7-11(9-13(14)21)17(24)22-20(28)23-18-16(19(25)26-3)12-5-4-6-15(12)29-18/h7-10H,4-6H2,1-3H3,(H2,22,23,24,28). The lowest BCUT2D eigenvalue weighted by Gasteiger charge is -2.13. The molecule has 1 aliphatic carbocycles. The van der Waals surface area contributed by atoms with Crippen molar-refractivity contribution in [2.24, 2.45) is 0 Å². The van der Waals surface area contributed by atoms with E-state index < -0.39 is 5.97 Å². The summed E-state index contributed by atoms with van der Waals surface area (Å²) in [6.45, 7) is 3.86. The van der Waals surface area contributed by atoms with Crippen molar-refractivity contribution in [3.05, 3.63) is 44.2 Å². The number of benzene rings is 1. The van der Waals surface area contributed by atoms with Crippen LogP contribution in [0.4, 0.5) is 5.00 Å². The zero-order valence-electron chi connectivity index (χ0n) is 16.3. The molecule has 0 fully saturated rings. The van der Waals surface area contributed by atoms with Crippen molar-refractivity contribution in [3.63, 3.8) is 0 Å². The third kappa shape index (κ3) is 4.96. The van der Waals surface area contributed by atoms with Crippen LogP contribution in [0.25, 0.3) is 0 Å². The Hall–Kier alpha value is -1.97. The molecule has 0 aliphatic heterocycles. The first-order valence-electron chi connectivity index (χ1n) is 9.11. The molecule has 1 heterocycles. The summed E-state index contributed by atoms with van der Waals surface area (Å²) >= 11 is 10.2. The van der Waals surface area contributed by atoms with E-state index in [2.05, 4.69) is 26.6 Å². The molecule has 0 spiro atoms. The summed E-state index contributed by atoms with van der Waals surface area (Å²) in [4.78, 5) is 25.9. The van der Waals surface area contributed by atoms with Gasteiger partial charge >= 0.3 is 5.97 Å². The number of hydrogen-bond acceptors (Lipinski definition) is 6. The van der Waals surface area contributed by atoms with Crippen LogP contribution < -0.4 is 15.4 Å². The molecule has 2 N–H and O–H groups in total. The predicted octanol–water partition coefficient (Wildman–Crippen LogP) is 4.70. The largest absolute Gasteiger partial charge is 0.490 e. The van der Waals surface area contributed by atoms with Gasteiger partial charge in [0.2, 0.25) is 0 Å². The fraction of sp³-hybridized carbons (Fsp3) is 0.350. The molecule has 6 nitrogen and oxygen atoms in total. The topological polar surface area (TPSA) is 76.7 Å². The molecule has 154 valence electrons. The van der Waals surface area contributed by atoms with Crippen molar-refractivity contribution in [3.8, 4) is 5.75 Å². The number of fused-ring (bicyclic) bond motifs is 1. The summed E-state index contributed by atoms with van der Waals surface area (Å²) in [7, 11) is 1.36. The fourth-order valence-electron chi connectivity index (χ4n) is 3.11. The third-order valence-corrected chi connectivity index (χ3v) is 6.35. The van der Waals surface area contributed by atoms with E-state index in [1.807, 2.05) is 13.8 Å². The Balaban J connectivity index is 1.71. The van der Waals surface area contributed by atoms with Crippen LogP contribution in [0.15, 0.2) is 22.7 Å². The Morgan fingerprint density at radius 3 is 2.69 bits per heavy atom. The lowest BCUT2D eigenvalue weighted by Crippen LogP contribution is -2.34. The molecule has 2 aromatic rings. The van der Waals surface area contributed by atoms with E-state index in [1.54, 1.807) is 18.2 Å². The number of halogens is 1. The molecule has 1 aromatic carbocycles. The number of hydrogen-bond donors (Lipinski definition) is 2. The molecule has 0 radical (unpaired) electrons. The second kappa shape index (κ2) is 9.23. The summed E-state index contributed by atoms with van der Waals surface area (Å²) in [5.41, 5.74) is 1.96. The zero-order chi connectivity index (χ0) is 21.1. The van der Waals surface area contributed by atoms with E-state index in [4.69, 9.17) is 21.7 Å². The number of amides is 1. The van der Waals surface area contributed by atoms with Gasteiger partial charge in [-0.2, -0.15) is 0 Å². The summed E-state index contributed by atoms with van der Waals surface area (Å²) in [6, 6.07) is 5.07. The van der Waals surface area contributed by atoms with Gasteiger partial charge < -0.3 is 14.8 Å². The molecule has 0 saturated carbocycles. The first-order valence-corrected chi connectivity index (χ1v) is 11.1. The highest BCUT2D eigenvalue weighted by atomic mass is 79.9. The van der Waals surface area contributed by atoms with Gasteiger partial charge in [0.1, 0.15) is 10.8 Å². The summed E-state index contributed by atoms with van der Waals surface area (Å²) < 4.78 is 11.3. The highest BCUT2D eigenvalue weighted by Crippen LogP contribution is 2.39. The number of carbonyl (C=O) groups excluding carboxylic acids is 2. The van der Waals surface area contributed by atoms with Crippen LogP contribution in [-0.4, -0.2) is 30.2 Å². The van der Waals surface area contributed by atoms with E-state index in [0.29, 0.717) is 26.4 Å². The molecule has 0 unspecified atom stereocenters. The number of thiophene rings is 1. The van der Waals surface area contributed by atoms with Gasteiger partial charge in [-0.05, 0) is 85.0 Å². The van der Waals surface area contributed by atoms with E-state index in [1.165, 1.54) is 18.4 Å². The average Bonchev–Trinajstić information content (AvgIpc) is 3.22. The molecule has 0 bridgehead atoms. The number of thiocarbonyl (C=S) groups is 1. The van der Waals surface area contributed by atoms with Crippen molar-refractivity contribution < 1.29 is 19.1 Å². The molecule has 0 saturated heterocycles. The molecule has 1 aromatic heterocycles. The normalized spacial score (nSPS) is 12.4. The minimum Gasteiger partial charge on any atom is -0.490 e. The van der Waals surface area contributed by atoms with Crippen molar-refractivity contribution in [1.29, 1.82) is 0 Å². The number of anilines is 1. The molecule has 9 heteroatoms. The number of nitrogens with one attached hydrogen (secondary N) is 2. The molecule has 3 rings (SSSR count). The van der Waals surface area contributed by atoms with Crippen LogP contribution in [0.5, 0.6) is 5.75 Å². The Labute approximate surface area is 187 Å². The Morgan fingerprint density at radius 1 is 1.28 bits per heavy atom. The van der Waals surface area contributed by atoms with E-state index >= 15 is 0 Å². The maximum absolute atomic E-state index is 12.6. The third-order valence-electron chi connectivity index (χ3n) is 4.32. The average molecular weight is 497 g/mol. The molecular weight excluding hydrogens is 476 g/mol. The van der Waals surface area contributed by atoms with Crippen LogP contribution in [-0.2, 0) is 17.6 Å². The van der Waals surface area contributed by atoms with Crippen LogP contribution >= 0.6 is 39.5 Å². The molecule has 1 amide bonds. The first kappa shape index (κ1) is 21.7. The predicted molar refractivity (Wildman–Crippen MR) is 121 cm³/mol. The highest BCUT2D eigenvalue weighted by Gasteiger charge is 2.27. The number of rotatable bonds is 5. The van der Waals surface area contributed by atoms with Gasteiger partial charge in [0.15, 0.2) is 5.11 Å². The Kier molecular flexibility index (Phi) is 6.92. The lowest BCUT2D eigenvalue weighted by atomic mass is 10.1. The lowest BCUT2D eigenvalue weighted by molar-refractivity contribution is 0.0601. The summed E-state index contributed by atoms with van der Waals surface area (Å²) in [5, 5.41) is 6.37. The smallest absolute Gasteiger partial charge is 0.341 e. The second-order valence-corrected chi connectivity index (χ2v) is 9.14. The quantitative estimate of drug-likeness (QED) is 0.461. The number of ether oxygens (including phenoxy) is 2. The van der Waals surface area contributed by atoms with Gasteiger partial charge in [-0.1, -0.05) is 0 Å². The van der Waals surface area contributed by atoms with Crippen LogP contribution in [0.3, 0.4) is 0 Å². The highest BCUT2D eigenvalue weighted by molar-refractivity contribution is 9.10. The van der Waals surface area contributed by atoms with Gasteiger partial charge in [-0.3, -0.25) is 10.1 Å². The fourth-order valence-corrected chi connectivity index (χ4v) is 5.12. The summed E-state index contributed by atoms with van der Waals surface area (Å²) in [5.74, 6) is -0.0956. The van der Waals surface area contributed by atoms with Crippen molar-refractivity contribution in [2.45, 2.75) is 39.2 Å². The van der Waals surface area contributed by atoms with E-state index in [0.717, 1.165) is 29.7 Å². The maximum Gasteiger partial charge on any atom is 0.341 e. The molecule has 1 aliphatic rings. The van der Waals surface area contributed by atoms with Crippen LogP contribution in [0.1, 0.15) is 51.4 Å². The number of methoxy groups -OCH3 is 1. The van der Waals surface area contributed by atoms with Gasteiger partial charge in [-0.15, -0.1) is 11.3 Å². The second-order valence-electron chi connectivity index (χ2n) is 6.77. The van der Waals surface area contributed by atoms with E-state index in [-0.39, 0.29) is 17.1 Å². The minimum absolute atomic E-state index is 0.0270. The molecule has 0 atom stereocenters. The minimum atomic E-state index is -0.398. The number of carbonyl (C=O) groups is 2. The maximum atomic E-state index is 12.6. The zero-order valence-corrected chi connectivity index (χ0v) is 19.5. The van der Waals surface area contributed by atoms with Crippen LogP contribution in [0.2, 0.25) is 0 Å². The first-order chi connectivity index (χ1) is 13.8. The number of esters is 1. The van der Waals surface area contributed by atoms with Crippen molar-refractivity contribution in [2.75, 3.05) is 12.4 Å². The van der Waals surface area contributed by atoms with Crippen molar-refractivity contribution >= 4 is 61.5 Å². The van der Waals surface area contributed by atoms with Gasteiger partial charge in [-0.25, -0.2) is 4.79 Å².